The van der Waals surface area contributed by atoms with Crippen LogP contribution in [0.15, 0.2) is 64.2 Å². The summed E-state index contributed by atoms with van der Waals surface area (Å²) < 4.78 is 3.16. The van der Waals surface area contributed by atoms with Gasteiger partial charge in [-0.3, -0.25) is 4.79 Å². The van der Waals surface area contributed by atoms with Crippen molar-refractivity contribution in [1.29, 1.82) is 0 Å². The predicted octanol–water partition coefficient (Wildman–Crippen LogP) is 5.89. The zero-order valence-electron chi connectivity index (χ0n) is 16.2. The summed E-state index contributed by atoms with van der Waals surface area (Å²) in [6.45, 7) is 4.05. The molecule has 7 heteroatoms. The number of benzene rings is 2. The molecule has 0 atom stereocenters. The Balaban J connectivity index is 1.56. The van der Waals surface area contributed by atoms with Crippen LogP contribution in [0.25, 0.3) is 5.69 Å². The van der Waals surface area contributed by atoms with E-state index >= 15 is 0 Å². The van der Waals surface area contributed by atoms with E-state index in [1.54, 1.807) is 18.0 Å². The van der Waals surface area contributed by atoms with E-state index in [4.69, 9.17) is 11.6 Å². The van der Waals surface area contributed by atoms with Crippen molar-refractivity contribution in [2.45, 2.75) is 19.6 Å². The lowest BCUT2D eigenvalue weighted by Gasteiger charge is -2.09. The van der Waals surface area contributed by atoms with Gasteiger partial charge in [0.05, 0.1) is 12.0 Å². The van der Waals surface area contributed by atoms with Crippen molar-refractivity contribution in [3.05, 3.63) is 86.6 Å². The van der Waals surface area contributed by atoms with Gasteiger partial charge >= 0.3 is 0 Å². The summed E-state index contributed by atoms with van der Waals surface area (Å²) in [6.07, 6.45) is 1.68. The molecule has 1 amide bonds. The lowest BCUT2D eigenvalue weighted by atomic mass is 10.2. The zero-order chi connectivity index (χ0) is 20.8. The number of rotatable bonds is 7. The van der Waals surface area contributed by atoms with Crippen molar-refractivity contribution in [1.82, 2.24) is 9.99 Å². The topological polar surface area (TPSA) is 46.4 Å². The number of aryl methyl sites for hydroxylation is 1. The molecule has 1 aromatic heterocycles. The Morgan fingerprint density at radius 3 is 2.76 bits per heavy atom. The monoisotopic (exact) mass is 489 g/mol. The SMILES string of the molecule is Cc1cc(/C=N/NC(=O)CSCc2cccc(Br)c2)c(C)n1-c1cccc(Cl)c1. The van der Waals surface area contributed by atoms with Crippen molar-refractivity contribution in [3.63, 3.8) is 0 Å². The minimum atomic E-state index is -0.120. The van der Waals surface area contributed by atoms with Gasteiger partial charge in [0.2, 0.25) is 5.91 Å². The Hall–Kier alpha value is -2.02. The molecule has 0 radical (unpaired) electrons. The van der Waals surface area contributed by atoms with Gasteiger partial charge in [0.25, 0.3) is 0 Å². The summed E-state index contributed by atoms with van der Waals surface area (Å²) in [5, 5.41) is 4.82. The molecule has 1 N–H and O–H groups in total. The van der Waals surface area contributed by atoms with Crippen LogP contribution in [0.3, 0.4) is 0 Å². The van der Waals surface area contributed by atoms with Crippen molar-refractivity contribution < 1.29 is 4.79 Å². The van der Waals surface area contributed by atoms with Crippen LogP contribution >= 0.6 is 39.3 Å². The van der Waals surface area contributed by atoms with Crippen molar-refractivity contribution in [2.24, 2.45) is 5.10 Å². The molecule has 0 aliphatic heterocycles. The minimum absolute atomic E-state index is 0.120. The van der Waals surface area contributed by atoms with E-state index < -0.39 is 0 Å². The number of thioether (sulfide) groups is 1. The molecular weight excluding hydrogens is 470 g/mol. The first-order valence-electron chi connectivity index (χ1n) is 9.03. The number of hydrogen-bond acceptors (Lipinski definition) is 3. The fourth-order valence-electron chi connectivity index (χ4n) is 3.03. The number of carbonyl (C=O) groups is 1. The maximum Gasteiger partial charge on any atom is 0.250 e. The number of nitrogens with one attached hydrogen (secondary N) is 1. The van der Waals surface area contributed by atoms with Gasteiger partial charge in [0, 0.05) is 37.9 Å². The molecule has 2 aromatic carbocycles. The van der Waals surface area contributed by atoms with Crippen LogP contribution < -0.4 is 5.43 Å². The average molecular weight is 491 g/mol. The first kappa shape index (κ1) is 21.7. The number of halogens is 2. The van der Waals surface area contributed by atoms with Crippen LogP contribution in [0.4, 0.5) is 0 Å². The Labute approximate surface area is 188 Å². The van der Waals surface area contributed by atoms with Gasteiger partial charge in [-0.05, 0) is 55.8 Å². The molecule has 0 saturated carbocycles. The number of amides is 1. The molecule has 0 aliphatic carbocycles. The van der Waals surface area contributed by atoms with Gasteiger partial charge in [0.1, 0.15) is 0 Å². The number of aromatic nitrogens is 1. The molecule has 0 saturated heterocycles. The first-order valence-corrected chi connectivity index (χ1v) is 11.4. The van der Waals surface area contributed by atoms with Crippen molar-refractivity contribution in [2.75, 3.05) is 5.75 Å². The van der Waals surface area contributed by atoms with Gasteiger partial charge in [-0.1, -0.05) is 45.7 Å². The van der Waals surface area contributed by atoms with E-state index in [0.717, 1.165) is 32.9 Å². The summed E-state index contributed by atoms with van der Waals surface area (Å²) >= 11 is 11.1. The highest BCUT2D eigenvalue weighted by molar-refractivity contribution is 9.10. The highest BCUT2D eigenvalue weighted by Crippen LogP contribution is 2.22. The fraction of sp³-hybridized carbons (Fsp3) is 0.182. The number of nitrogens with zero attached hydrogens (tertiary/aromatic N) is 2. The smallest absolute Gasteiger partial charge is 0.250 e. The van der Waals surface area contributed by atoms with E-state index in [9.17, 15) is 4.79 Å². The number of carbonyl (C=O) groups excluding carboxylic acids is 1. The highest BCUT2D eigenvalue weighted by atomic mass is 79.9. The molecule has 29 heavy (non-hydrogen) atoms. The van der Waals surface area contributed by atoms with Crippen LogP contribution in [-0.2, 0) is 10.5 Å². The van der Waals surface area contributed by atoms with Crippen LogP contribution in [0, 0.1) is 13.8 Å². The molecule has 0 spiro atoms. The molecule has 0 aliphatic rings. The van der Waals surface area contributed by atoms with Gasteiger partial charge in [-0.15, -0.1) is 11.8 Å². The second kappa shape index (κ2) is 10.1. The third kappa shape index (κ3) is 5.98. The van der Waals surface area contributed by atoms with Crippen LogP contribution in [0.2, 0.25) is 5.02 Å². The third-order valence-electron chi connectivity index (χ3n) is 4.32. The molecule has 3 aromatic rings. The quantitative estimate of drug-likeness (QED) is 0.331. The van der Waals surface area contributed by atoms with Crippen LogP contribution in [-0.4, -0.2) is 22.4 Å². The van der Waals surface area contributed by atoms with E-state index in [1.807, 2.05) is 62.4 Å². The lowest BCUT2D eigenvalue weighted by molar-refractivity contribution is -0.118. The lowest BCUT2D eigenvalue weighted by Crippen LogP contribution is -2.19. The number of hydrogen-bond donors (Lipinski definition) is 1. The zero-order valence-corrected chi connectivity index (χ0v) is 19.3. The Morgan fingerprint density at radius 2 is 2.00 bits per heavy atom. The third-order valence-corrected chi connectivity index (χ3v) is 6.05. The van der Waals surface area contributed by atoms with E-state index in [2.05, 4.69) is 37.1 Å². The molecule has 1 heterocycles. The highest BCUT2D eigenvalue weighted by Gasteiger charge is 2.10. The standard InChI is InChI=1S/C22H21BrClN3OS/c1-15-9-18(16(2)27(15)21-8-4-7-20(24)11-21)12-25-26-22(28)14-29-13-17-5-3-6-19(23)10-17/h3-12H,13-14H2,1-2H3,(H,26,28)/b25-12+. The normalized spacial score (nSPS) is 11.2. The summed E-state index contributed by atoms with van der Waals surface area (Å²) in [5.74, 6) is 1.01. The fourth-order valence-corrected chi connectivity index (χ4v) is 4.42. The number of hydrazone groups is 1. The Kier molecular flexibility index (Phi) is 7.58. The maximum atomic E-state index is 12.0. The van der Waals surface area contributed by atoms with Crippen LogP contribution in [0.5, 0.6) is 0 Å². The molecule has 3 rings (SSSR count). The maximum absolute atomic E-state index is 12.0. The van der Waals surface area contributed by atoms with Crippen molar-refractivity contribution in [3.8, 4) is 5.69 Å². The second-order valence-corrected chi connectivity index (χ2v) is 8.90. The summed E-state index contributed by atoms with van der Waals surface area (Å²) in [6, 6.07) is 17.8. The minimum Gasteiger partial charge on any atom is -0.318 e. The van der Waals surface area contributed by atoms with Crippen molar-refractivity contribution >= 4 is 51.4 Å². The summed E-state index contributed by atoms with van der Waals surface area (Å²) in [4.78, 5) is 12.0. The predicted molar refractivity (Wildman–Crippen MR) is 126 cm³/mol. The van der Waals surface area contributed by atoms with Gasteiger partial charge < -0.3 is 4.57 Å². The van der Waals surface area contributed by atoms with Gasteiger partial charge in [0.15, 0.2) is 0 Å². The second-order valence-electron chi connectivity index (χ2n) is 6.56. The van der Waals surface area contributed by atoms with E-state index in [0.29, 0.717) is 10.8 Å². The van der Waals surface area contributed by atoms with Gasteiger partial charge in [-0.2, -0.15) is 5.10 Å². The molecule has 0 fully saturated rings. The van der Waals surface area contributed by atoms with E-state index in [1.165, 1.54) is 5.56 Å². The first-order chi connectivity index (χ1) is 13.9. The Morgan fingerprint density at radius 1 is 1.21 bits per heavy atom. The van der Waals surface area contributed by atoms with E-state index in [-0.39, 0.29) is 5.91 Å². The molecule has 0 bridgehead atoms. The largest absolute Gasteiger partial charge is 0.318 e. The van der Waals surface area contributed by atoms with Crippen LogP contribution in [0.1, 0.15) is 22.5 Å². The Bertz CT molecular complexity index is 1050. The summed E-state index contributed by atoms with van der Waals surface area (Å²) in [5.41, 5.74) is 7.83. The molecule has 0 unspecified atom stereocenters. The van der Waals surface area contributed by atoms with Gasteiger partial charge in [-0.25, -0.2) is 5.43 Å². The average Bonchev–Trinajstić information content (AvgIpc) is 2.95. The molecule has 150 valence electrons. The summed E-state index contributed by atoms with van der Waals surface area (Å²) in [7, 11) is 0. The molecular formula is C22H21BrClN3OS. The molecule has 4 nitrogen and oxygen atoms in total.